The molecule has 2 rings (SSSR count). The number of nitriles is 1. The van der Waals surface area contributed by atoms with Crippen molar-refractivity contribution in [2.24, 2.45) is 11.3 Å². The van der Waals surface area contributed by atoms with Gasteiger partial charge in [0.05, 0.1) is 6.07 Å². The van der Waals surface area contributed by atoms with Crippen molar-refractivity contribution in [3.8, 4) is 6.07 Å². The fourth-order valence-electron chi connectivity index (χ4n) is 2.74. The Kier molecular flexibility index (Phi) is 3.61. The Hall–Kier alpha value is -1.49. The van der Waals surface area contributed by atoms with Gasteiger partial charge < -0.3 is 4.90 Å². The third-order valence-corrected chi connectivity index (χ3v) is 4.28. The van der Waals surface area contributed by atoms with Crippen LogP contribution in [0.4, 0.5) is 5.69 Å². The van der Waals surface area contributed by atoms with Crippen molar-refractivity contribution in [1.29, 1.82) is 5.26 Å². The summed E-state index contributed by atoms with van der Waals surface area (Å²) in [4.78, 5) is 2.43. The fraction of sp³-hybridized carbons (Fsp3) is 0.562. The molecule has 96 valence electrons. The molecule has 0 spiro atoms. The van der Waals surface area contributed by atoms with Crippen LogP contribution in [0, 0.1) is 29.6 Å². The molecule has 0 radical (unpaired) electrons. The van der Waals surface area contributed by atoms with Gasteiger partial charge >= 0.3 is 0 Å². The van der Waals surface area contributed by atoms with E-state index in [2.05, 4.69) is 56.0 Å². The Morgan fingerprint density at radius 2 is 2.22 bits per heavy atom. The maximum absolute atomic E-state index is 8.98. The molecule has 0 saturated carbocycles. The number of hydrogen-bond acceptors (Lipinski definition) is 2. The molecule has 0 aromatic heterocycles. The van der Waals surface area contributed by atoms with Crippen LogP contribution in [0.15, 0.2) is 24.3 Å². The zero-order valence-electron chi connectivity index (χ0n) is 11.6. The lowest BCUT2D eigenvalue weighted by atomic mass is 9.72. The lowest BCUT2D eigenvalue weighted by molar-refractivity contribution is 0.174. The van der Waals surface area contributed by atoms with E-state index in [1.807, 2.05) is 0 Å². The van der Waals surface area contributed by atoms with E-state index < -0.39 is 0 Å². The van der Waals surface area contributed by atoms with Crippen molar-refractivity contribution in [2.75, 3.05) is 18.0 Å². The van der Waals surface area contributed by atoms with Crippen LogP contribution in [0.2, 0.25) is 0 Å². The second kappa shape index (κ2) is 5.02. The van der Waals surface area contributed by atoms with E-state index in [-0.39, 0.29) is 5.41 Å². The molecule has 1 aliphatic heterocycles. The van der Waals surface area contributed by atoms with Gasteiger partial charge in [0.2, 0.25) is 0 Å². The summed E-state index contributed by atoms with van der Waals surface area (Å²) in [5.41, 5.74) is 2.89. The fourth-order valence-corrected chi connectivity index (χ4v) is 2.74. The molecule has 18 heavy (non-hydrogen) atoms. The van der Waals surface area contributed by atoms with Crippen molar-refractivity contribution < 1.29 is 0 Å². The van der Waals surface area contributed by atoms with Crippen LogP contribution in [-0.2, 0) is 0 Å². The van der Waals surface area contributed by atoms with Crippen LogP contribution in [0.5, 0.6) is 0 Å². The first kappa shape index (κ1) is 13.0. The second-order valence-electron chi connectivity index (χ2n) is 6.08. The van der Waals surface area contributed by atoms with Crippen molar-refractivity contribution in [1.82, 2.24) is 0 Å². The van der Waals surface area contributed by atoms with Crippen LogP contribution < -0.4 is 4.90 Å². The summed E-state index contributed by atoms with van der Waals surface area (Å²) in [5.74, 6) is 0.469. The summed E-state index contributed by atoms with van der Waals surface area (Å²) in [6.45, 7) is 8.82. The predicted molar refractivity (Wildman–Crippen MR) is 75.5 cm³/mol. The van der Waals surface area contributed by atoms with Crippen molar-refractivity contribution in [3.05, 3.63) is 29.8 Å². The third kappa shape index (κ3) is 2.67. The lowest BCUT2D eigenvalue weighted by Crippen LogP contribution is -2.44. The van der Waals surface area contributed by atoms with Gasteiger partial charge in [0.1, 0.15) is 0 Å². The first-order valence-corrected chi connectivity index (χ1v) is 6.71. The highest BCUT2D eigenvalue weighted by molar-refractivity contribution is 5.49. The van der Waals surface area contributed by atoms with Crippen molar-refractivity contribution >= 4 is 5.69 Å². The zero-order chi connectivity index (χ0) is 13.2. The predicted octanol–water partition coefficient (Wildman–Crippen LogP) is 3.76. The van der Waals surface area contributed by atoms with Gasteiger partial charge in [0, 0.05) is 25.2 Å². The quantitative estimate of drug-likeness (QED) is 0.789. The minimum atomic E-state index is 0.288. The number of hydrogen-bond donors (Lipinski definition) is 0. The average Bonchev–Trinajstić information content (AvgIpc) is 2.32. The Morgan fingerprint density at radius 1 is 1.44 bits per heavy atom. The summed E-state index contributed by atoms with van der Waals surface area (Å²) in [5, 5.41) is 8.98. The number of aryl methyl sites for hydroxylation is 1. The maximum atomic E-state index is 8.98. The molecule has 1 aromatic carbocycles. The molecule has 1 unspecified atom stereocenters. The van der Waals surface area contributed by atoms with E-state index in [0.29, 0.717) is 12.3 Å². The van der Waals surface area contributed by atoms with Gasteiger partial charge in [0.25, 0.3) is 0 Å². The smallest absolute Gasteiger partial charge is 0.0625 e. The Labute approximate surface area is 110 Å². The largest absolute Gasteiger partial charge is 0.371 e. The van der Waals surface area contributed by atoms with Gasteiger partial charge in [-0.25, -0.2) is 0 Å². The maximum Gasteiger partial charge on any atom is 0.0625 e. The SMILES string of the molecule is Cc1cccc(N2CCC(C)(C)C(CC#N)C2)c1. The Balaban J connectivity index is 2.16. The molecule has 0 N–H and O–H groups in total. The highest BCUT2D eigenvalue weighted by atomic mass is 15.1. The van der Waals surface area contributed by atoms with Gasteiger partial charge in [0.15, 0.2) is 0 Å². The topological polar surface area (TPSA) is 27.0 Å². The number of nitrogens with zero attached hydrogens (tertiary/aromatic N) is 2. The molecule has 0 bridgehead atoms. The third-order valence-electron chi connectivity index (χ3n) is 4.28. The molecular formula is C16H22N2. The minimum absolute atomic E-state index is 0.288. The first-order valence-electron chi connectivity index (χ1n) is 6.71. The molecule has 0 amide bonds. The summed E-state index contributed by atoms with van der Waals surface area (Å²) >= 11 is 0. The molecule has 1 atom stereocenters. The molecule has 2 heteroatoms. The summed E-state index contributed by atoms with van der Waals surface area (Å²) in [6, 6.07) is 11.0. The Morgan fingerprint density at radius 3 is 2.89 bits per heavy atom. The van der Waals surface area contributed by atoms with E-state index in [1.54, 1.807) is 0 Å². The zero-order valence-corrected chi connectivity index (χ0v) is 11.6. The number of rotatable bonds is 2. The summed E-state index contributed by atoms with van der Waals surface area (Å²) in [6.07, 6.45) is 1.82. The van der Waals surface area contributed by atoms with Gasteiger partial charge in [-0.1, -0.05) is 26.0 Å². The van der Waals surface area contributed by atoms with Crippen LogP contribution in [0.1, 0.15) is 32.3 Å². The van der Waals surface area contributed by atoms with E-state index >= 15 is 0 Å². The molecule has 2 nitrogen and oxygen atoms in total. The normalized spacial score (nSPS) is 22.6. The number of benzene rings is 1. The minimum Gasteiger partial charge on any atom is -0.371 e. The van der Waals surface area contributed by atoms with Gasteiger partial charge in [-0.2, -0.15) is 5.26 Å². The molecule has 1 fully saturated rings. The first-order chi connectivity index (χ1) is 8.53. The van der Waals surface area contributed by atoms with E-state index in [1.165, 1.54) is 11.3 Å². The van der Waals surface area contributed by atoms with Crippen LogP contribution in [-0.4, -0.2) is 13.1 Å². The molecule has 1 heterocycles. The molecule has 0 aliphatic carbocycles. The van der Waals surface area contributed by atoms with Crippen molar-refractivity contribution in [2.45, 2.75) is 33.6 Å². The molecule has 1 saturated heterocycles. The molecular weight excluding hydrogens is 220 g/mol. The van der Waals surface area contributed by atoms with Crippen LogP contribution >= 0.6 is 0 Å². The van der Waals surface area contributed by atoms with Gasteiger partial charge in [-0.05, 0) is 42.4 Å². The molecule has 1 aromatic rings. The lowest BCUT2D eigenvalue weighted by Gasteiger charge is -2.44. The highest BCUT2D eigenvalue weighted by Gasteiger charge is 2.35. The van der Waals surface area contributed by atoms with Gasteiger partial charge in [-0.3, -0.25) is 0 Å². The van der Waals surface area contributed by atoms with E-state index in [4.69, 9.17) is 5.26 Å². The molecule has 1 aliphatic rings. The summed E-state index contributed by atoms with van der Waals surface area (Å²) < 4.78 is 0. The van der Waals surface area contributed by atoms with Crippen LogP contribution in [0.3, 0.4) is 0 Å². The standard InChI is InChI=1S/C16H22N2/c1-13-5-4-6-15(11-13)18-10-8-16(2,3)14(12-18)7-9-17/h4-6,11,14H,7-8,10,12H2,1-3H3. The van der Waals surface area contributed by atoms with Crippen LogP contribution in [0.25, 0.3) is 0 Å². The highest BCUT2D eigenvalue weighted by Crippen LogP contribution is 2.38. The summed E-state index contributed by atoms with van der Waals surface area (Å²) in [7, 11) is 0. The Bertz CT molecular complexity index is 456. The van der Waals surface area contributed by atoms with E-state index in [0.717, 1.165) is 19.5 Å². The number of anilines is 1. The monoisotopic (exact) mass is 242 g/mol. The number of piperidine rings is 1. The van der Waals surface area contributed by atoms with Crippen molar-refractivity contribution in [3.63, 3.8) is 0 Å². The van der Waals surface area contributed by atoms with Gasteiger partial charge in [-0.15, -0.1) is 0 Å². The average molecular weight is 242 g/mol. The second-order valence-corrected chi connectivity index (χ2v) is 6.08. The van der Waals surface area contributed by atoms with E-state index in [9.17, 15) is 0 Å².